The van der Waals surface area contributed by atoms with E-state index in [2.05, 4.69) is 51.2 Å². The van der Waals surface area contributed by atoms with Crippen molar-refractivity contribution in [2.75, 3.05) is 13.1 Å². The second-order valence-corrected chi connectivity index (χ2v) is 6.68. The first kappa shape index (κ1) is 15.6. The van der Waals surface area contributed by atoms with Gasteiger partial charge in [0.1, 0.15) is 0 Å². The SMILES string of the molecule is CCNCC1CCC(CC)CC1c1cc(C)cc(C)c1. The van der Waals surface area contributed by atoms with Gasteiger partial charge in [0.05, 0.1) is 0 Å². The Balaban J connectivity index is 2.20. The number of benzene rings is 1. The summed E-state index contributed by atoms with van der Waals surface area (Å²) in [4.78, 5) is 0. The van der Waals surface area contributed by atoms with Gasteiger partial charge in [0, 0.05) is 0 Å². The zero-order valence-electron chi connectivity index (χ0n) is 13.7. The third-order valence-corrected chi connectivity index (χ3v) is 5.01. The third kappa shape index (κ3) is 3.85. The first-order valence-electron chi connectivity index (χ1n) is 8.42. The van der Waals surface area contributed by atoms with E-state index in [0.717, 1.165) is 24.3 Å². The number of nitrogens with one attached hydrogen (secondary N) is 1. The van der Waals surface area contributed by atoms with Crippen LogP contribution in [0.25, 0.3) is 0 Å². The summed E-state index contributed by atoms with van der Waals surface area (Å²) >= 11 is 0. The van der Waals surface area contributed by atoms with Gasteiger partial charge in [-0.1, -0.05) is 56.0 Å². The predicted molar refractivity (Wildman–Crippen MR) is 88.3 cm³/mol. The summed E-state index contributed by atoms with van der Waals surface area (Å²) in [5.74, 6) is 2.50. The van der Waals surface area contributed by atoms with Crippen LogP contribution in [-0.2, 0) is 0 Å². The van der Waals surface area contributed by atoms with Crippen LogP contribution in [-0.4, -0.2) is 13.1 Å². The van der Waals surface area contributed by atoms with Gasteiger partial charge in [-0.3, -0.25) is 0 Å². The minimum atomic E-state index is 0.756. The summed E-state index contributed by atoms with van der Waals surface area (Å²) in [5.41, 5.74) is 4.42. The van der Waals surface area contributed by atoms with Gasteiger partial charge >= 0.3 is 0 Å². The molecule has 0 aromatic heterocycles. The van der Waals surface area contributed by atoms with Gasteiger partial charge in [-0.25, -0.2) is 0 Å². The molecule has 1 fully saturated rings. The molecule has 0 saturated heterocycles. The molecule has 0 heterocycles. The van der Waals surface area contributed by atoms with Crippen LogP contribution in [0.4, 0.5) is 0 Å². The highest BCUT2D eigenvalue weighted by Gasteiger charge is 2.30. The molecule has 3 unspecified atom stereocenters. The molecule has 3 atom stereocenters. The van der Waals surface area contributed by atoms with E-state index in [-0.39, 0.29) is 0 Å². The summed E-state index contributed by atoms with van der Waals surface area (Å²) < 4.78 is 0. The normalized spacial score (nSPS) is 26.7. The Labute approximate surface area is 125 Å². The maximum absolute atomic E-state index is 3.58. The van der Waals surface area contributed by atoms with Crippen molar-refractivity contribution in [2.24, 2.45) is 11.8 Å². The van der Waals surface area contributed by atoms with Crippen LogP contribution >= 0.6 is 0 Å². The third-order valence-electron chi connectivity index (χ3n) is 5.01. The van der Waals surface area contributed by atoms with E-state index in [1.165, 1.54) is 43.4 Å². The topological polar surface area (TPSA) is 12.0 Å². The van der Waals surface area contributed by atoms with Gasteiger partial charge < -0.3 is 5.32 Å². The highest BCUT2D eigenvalue weighted by molar-refractivity contribution is 5.31. The zero-order valence-corrected chi connectivity index (χ0v) is 13.7. The first-order valence-corrected chi connectivity index (χ1v) is 8.42. The van der Waals surface area contributed by atoms with Crippen LogP contribution in [0.15, 0.2) is 18.2 Å². The first-order chi connectivity index (χ1) is 9.63. The molecule has 1 N–H and O–H groups in total. The fourth-order valence-corrected chi connectivity index (χ4v) is 3.90. The zero-order chi connectivity index (χ0) is 14.5. The number of rotatable bonds is 5. The molecule has 0 amide bonds. The smallest absolute Gasteiger partial charge is 0.00148 e. The lowest BCUT2D eigenvalue weighted by Crippen LogP contribution is -2.32. The van der Waals surface area contributed by atoms with Crippen molar-refractivity contribution in [1.29, 1.82) is 0 Å². The fourth-order valence-electron chi connectivity index (χ4n) is 3.90. The lowest BCUT2D eigenvalue weighted by atomic mass is 9.70. The molecule has 1 aromatic rings. The molecule has 20 heavy (non-hydrogen) atoms. The van der Waals surface area contributed by atoms with Gasteiger partial charge in [-0.15, -0.1) is 0 Å². The van der Waals surface area contributed by atoms with Crippen molar-refractivity contribution in [2.45, 2.75) is 59.3 Å². The Hall–Kier alpha value is -0.820. The van der Waals surface area contributed by atoms with E-state index in [4.69, 9.17) is 0 Å². The highest BCUT2D eigenvalue weighted by atomic mass is 14.8. The monoisotopic (exact) mass is 273 g/mol. The number of hydrogen-bond acceptors (Lipinski definition) is 1. The van der Waals surface area contributed by atoms with E-state index in [0.29, 0.717) is 0 Å². The maximum atomic E-state index is 3.58. The van der Waals surface area contributed by atoms with Crippen molar-refractivity contribution in [3.63, 3.8) is 0 Å². The summed E-state index contributed by atoms with van der Waals surface area (Å²) in [6, 6.07) is 7.15. The van der Waals surface area contributed by atoms with Gasteiger partial charge in [0.2, 0.25) is 0 Å². The van der Waals surface area contributed by atoms with E-state index in [9.17, 15) is 0 Å². The van der Waals surface area contributed by atoms with Crippen LogP contribution in [0.3, 0.4) is 0 Å². The minimum Gasteiger partial charge on any atom is -0.317 e. The van der Waals surface area contributed by atoms with Crippen molar-refractivity contribution in [1.82, 2.24) is 5.32 Å². The Kier molecular flexibility index (Phi) is 5.65. The van der Waals surface area contributed by atoms with Crippen LogP contribution < -0.4 is 5.32 Å². The standard InChI is InChI=1S/C19H31N/c1-5-16-7-8-17(13-20-6-2)19(12-16)18-10-14(3)9-15(4)11-18/h9-11,16-17,19-20H,5-8,12-13H2,1-4H3. The van der Waals surface area contributed by atoms with Gasteiger partial charge in [0.25, 0.3) is 0 Å². The van der Waals surface area contributed by atoms with Crippen LogP contribution in [0.2, 0.25) is 0 Å². The largest absolute Gasteiger partial charge is 0.317 e. The molecule has 0 radical (unpaired) electrons. The van der Waals surface area contributed by atoms with Gasteiger partial charge in [0.15, 0.2) is 0 Å². The Morgan fingerprint density at radius 1 is 1.05 bits per heavy atom. The summed E-state index contributed by atoms with van der Waals surface area (Å²) in [7, 11) is 0. The minimum absolute atomic E-state index is 0.756. The quantitative estimate of drug-likeness (QED) is 0.811. The molecule has 1 aliphatic rings. The van der Waals surface area contributed by atoms with E-state index >= 15 is 0 Å². The van der Waals surface area contributed by atoms with Crippen LogP contribution in [0.5, 0.6) is 0 Å². The summed E-state index contributed by atoms with van der Waals surface area (Å²) in [6.07, 6.45) is 5.54. The molecule has 0 spiro atoms. The Morgan fingerprint density at radius 2 is 1.75 bits per heavy atom. The average Bonchev–Trinajstić information content (AvgIpc) is 2.44. The lowest BCUT2D eigenvalue weighted by molar-refractivity contribution is 0.226. The lowest BCUT2D eigenvalue weighted by Gasteiger charge is -2.37. The summed E-state index contributed by atoms with van der Waals surface area (Å²) in [6.45, 7) is 11.3. The maximum Gasteiger partial charge on any atom is -0.00148 e. The van der Waals surface area contributed by atoms with Gasteiger partial charge in [-0.2, -0.15) is 0 Å². The van der Waals surface area contributed by atoms with E-state index in [1.54, 1.807) is 5.56 Å². The predicted octanol–water partition coefficient (Wildman–Crippen LogP) is 4.82. The number of hydrogen-bond donors (Lipinski definition) is 1. The molecule has 1 saturated carbocycles. The number of aryl methyl sites for hydroxylation is 2. The van der Waals surface area contributed by atoms with E-state index in [1.807, 2.05) is 0 Å². The molecule has 1 aliphatic carbocycles. The average molecular weight is 273 g/mol. The fraction of sp³-hybridized carbons (Fsp3) is 0.684. The Morgan fingerprint density at radius 3 is 2.35 bits per heavy atom. The molecule has 1 nitrogen and oxygen atoms in total. The van der Waals surface area contributed by atoms with Gasteiger partial charge in [-0.05, 0) is 63.1 Å². The molecule has 1 heteroatoms. The van der Waals surface area contributed by atoms with Crippen molar-refractivity contribution in [3.05, 3.63) is 34.9 Å². The van der Waals surface area contributed by atoms with Crippen LogP contribution in [0.1, 0.15) is 62.1 Å². The van der Waals surface area contributed by atoms with Crippen molar-refractivity contribution < 1.29 is 0 Å². The molecule has 0 bridgehead atoms. The highest BCUT2D eigenvalue weighted by Crippen LogP contribution is 2.41. The molecule has 2 rings (SSSR count). The Bertz CT molecular complexity index is 404. The molecular formula is C19H31N. The van der Waals surface area contributed by atoms with E-state index < -0.39 is 0 Å². The van der Waals surface area contributed by atoms with Crippen LogP contribution in [0, 0.1) is 25.7 Å². The second kappa shape index (κ2) is 7.26. The summed E-state index contributed by atoms with van der Waals surface area (Å²) in [5, 5.41) is 3.58. The molecule has 112 valence electrons. The van der Waals surface area contributed by atoms with Crippen molar-refractivity contribution >= 4 is 0 Å². The molecule has 0 aliphatic heterocycles. The molecular weight excluding hydrogens is 242 g/mol. The second-order valence-electron chi connectivity index (χ2n) is 6.68. The molecule has 1 aromatic carbocycles. The van der Waals surface area contributed by atoms with Crippen molar-refractivity contribution in [3.8, 4) is 0 Å².